The summed E-state index contributed by atoms with van der Waals surface area (Å²) in [6, 6.07) is 0. The second-order valence-electron chi connectivity index (χ2n) is 1.83. The zero-order valence-electron chi connectivity index (χ0n) is 4.52. The van der Waals surface area contributed by atoms with Crippen LogP contribution in [0, 0.1) is 0 Å². The number of hydrogen-bond donors (Lipinski definition) is 1. The average Bonchev–Trinajstić information content (AvgIpc) is 1.91. The van der Waals surface area contributed by atoms with Crippen molar-refractivity contribution in [3.05, 3.63) is 11.8 Å². The number of nitrogens with two attached hydrogens (primary N) is 1. The van der Waals surface area contributed by atoms with Crippen LogP contribution in [-0.2, 0) is 0 Å². The van der Waals surface area contributed by atoms with Crippen LogP contribution in [0.3, 0.4) is 0 Å². The number of rotatable bonds is 0. The third-order valence-corrected chi connectivity index (χ3v) is 1.26. The van der Waals surface area contributed by atoms with Gasteiger partial charge in [-0.25, -0.2) is 5.84 Å². The quantitative estimate of drug-likeness (QED) is 0.446. The summed E-state index contributed by atoms with van der Waals surface area (Å²) in [6.07, 6.45) is 3.25. The largest absolute Gasteiger partial charge is 0.315 e. The van der Waals surface area contributed by atoms with E-state index in [0.717, 1.165) is 13.0 Å². The van der Waals surface area contributed by atoms with Gasteiger partial charge in [-0.15, -0.1) is 0 Å². The third kappa shape index (κ3) is 0.747. The lowest BCUT2D eigenvalue weighted by atomic mass is 10.4. The van der Waals surface area contributed by atoms with Crippen LogP contribution in [0.4, 0.5) is 0 Å². The minimum Gasteiger partial charge on any atom is -0.315 e. The summed E-state index contributed by atoms with van der Waals surface area (Å²) in [6.45, 7) is 3.01. The molecule has 0 aromatic rings. The molecule has 1 aliphatic heterocycles. The van der Waals surface area contributed by atoms with E-state index in [9.17, 15) is 0 Å². The monoisotopic (exact) mass is 98.1 g/mol. The van der Waals surface area contributed by atoms with Gasteiger partial charge in [-0.05, 0) is 13.3 Å². The molecule has 1 rings (SSSR count). The zero-order valence-corrected chi connectivity index (χ0v) is 4.52. The van der Waals surface area contributed by atoms with Crippen molar-refractivity contribution < 1.29 is 0 Å². The predicted octanol–water partition coefficient (Wildman–Crippen LogP) is 0.470. The van der Waals surface area contributed by atoms with Gasteiger partial charge in [-0.2, -0.15) is 0 Å². The van der Waals surface area contributed by atoms with Gasteiger partial charge in [0.05, 0.1) is 0 Å². The minimum absolute atomic E-state index is 0.992. The summed E-state index contributed by atoms with van der Waals surface area (Å²) < 4.78 is 0. The van der Waals surface area contributed by atoms with Gasteiger partial charge in [0.2, 0.25) is 0 Å². The van der Waals surface area contributed by atoms with Gasteiger partial charge < -0.3 is 5.01 Å². The molecule has 0 fully saturated rings. The summed E-state index contributed by atoms with van der Waals surface area (Å²) in [7, 11) is 0. The molecule has 0 bridgehead atoms. The van der Waals surface area contributed by atoms with Crippen LogP contribution < -0.4 is 5.84 Å². The van der Waals surface area contributed by atoms with Crippen LogP contribution in [0.2, 0.25) is 0 Å². The molecule has 0 aliphatic carbocycles. The minimum atomic E-state index is 0.992. The van der Waals surface area contributed by atoms with E-state index >= 15 is 0 Å². The number of hydrogen-bond acceptors (Lipinski definition) is 2. The zero-order chi connectivity index (χ0) is 5.28. The van der Waals surface area contributed by atoms with Crippen molar-refractivity contribution in [1.29, 1.82) is 0 Å². The first-order valence-corrected chi connectivity index (χ1v) is 2.49. The summed E-state index contributed by atoms with van der Waals surface area (Å²) in [5.74, 6) is 5.44. The highest BCUT2D eigenvalue weighted by Gasteiger charge is 2.03. The molecule has 40 valence electrons. The van der Waals surface area contributed by atoms with Crippen LogP contribution in [0.5, 0.6) is 0 Å². The molecule has 2 nitrogen and oxygen atoms in total. The Morgan fingerprint density at radius 3 is 2.71 bits per heavy atom. The maximum Gasteiger partial charge on any atom is 0.0373 e. The Morgan fingerprint density at radius 1 is 1.86 bits per heavy atom. The lowest BCUT2D eigenvalue weighted by molar-refractivity contribution is 0.395. The van der Waals surface area contributed by atoms with Gasteiger partial charge in [0.1, 0.15) is 0 Å². The Morgan fingerprint density at radius 2 is 2.57 bits per heavy atom. The maximum absolute atomic E-state index is 5.44. The fraction of sp³-hybridized carbons (Fsp3) is 0.600. The van der Waals surface area contributed by atoms with Crippen LogP contribution in [0.1, 0.15) is 13.3 Å². The van der Waals surface area contributed by atoms with E-state index in [1.165, 1.54) is 5.70 Å². The highest BCUT2D eigenvalue weighted by atomic mass is 15.4. The van der Waals surface area contributed by atoms with Gasteiger partial charge in [0.25, 0.3) is 0 Å². The number of nitrogens with zero attached hydrogens (tertiary/aromatic N) is 1. The Balaban J connectivity index is 2.54. The second-order valence-corrected chi connectivity index (χ2v) is 1.83. The van der Waals surface area contributed by atoms with E-state index in [-0.39, 0.29) is 0 Å². The first kappa shape index (κ1) is 4.65. The van der Waals surface area contributed by atoms with E-state index in [1.54, 1.807) is 5.01 Å². The Hall–Kier alpha value is -0.500. The fourth-order valence-corrected chi connectivity index (χ4v) is 0.706. The lowest BCUT2D eigenvalue weighted by Gasteiger charge is -2.09. The van der Waals surface area contributed by atoms with Gasteiger partial charge >= 0.3 is 0 Å². The SMILES string of the molecule is CC1=CCCN1N. The van der Waals surface area contributed by atoms with Crippen molar-refractivity contribution in [2.24, 2.45) is 5.84 Å². The van der Waals surface area contributed by atoms with Gasteiger partial charge in [0.15, 0.2) is 0 Å². The fourth-order valence-electron chi connectivity index (χ4n) is 0.706. The topological polar surface area (TPSA) is 29.3 Å². The van der Waals surface area contributed by atoms with E-state index in [4.69, 9.17) is 5.84 Å². The molecule has 0 spiro atoms. The van der Waals surface area contributed by atoms with E-state index in [0.29, 0.717) is 0 Å². The third-order valence-electron chi connectivity index (χ3n) is 1.26. The number of hydrazine groups is 1. The molecule has 0 radical (unpaired) electrons. The molecular weight excluding hydrogens is 88.1 g/mol. The van der Waals surface area contributed by atoms with E-state index in [1.807, 2.05) is 6.92 Å². The Bertz CT molecular complexity index is 96.3. The molecule has 7 heavy (non-hydrogen) atoms. The van der Waals surface area contributed by atoms with Gasteiger partial charge in [-0.1, -0.05) is 6.08 Å². The summed E-state index contributed by atoms with van der Waals surface area (Å²) >= 11 is 0. The first-order valence-electron chi connectivity index (χ1n) is 2.49. The van der Waals surface area contributed by atoms with Crippen molar-refractivity contribution in [3.8, 4) is 0 Å². The Labute approximate surface area is 43.6 Å². The van der Waals surface area contributed by atoms with E-state index in [2.05, 4.69) is 6.08 Å². The molecular formula is C5H10N2. The molecule has 1 heterocycles. The van der Waals surface area contributed by atoms with Crippen molar-refractivity contribution in [1.82, 2.24) is 5.01 Å². The Kier molecular flexibility index (Phi) is 1.02. The highest BCUT2D eigenvalue weighted by Crippen LogP contribution is 2.06. The number of allylic oxidation sites excluding steroid dienone is 1. The molecule has 0 aromatic heterocycles. The van der Waals surface area contributed by atoms with Gasteiger partial charge in [0, 0.05) is 12.2 Å². The molecule has 0 saturated carbocycles. The van der Waals surface area contributed by atoms with Crippen LogP contribution >= 0.6 is 0 Å². The van der Waals surface area contributed by atoms with Crippen molar-refractivity contribution in [2.75, 3.05) is 6.54 Å². The predicted molar refractivity (Wildman–Crippen MR) is 29.3 cm³/mol. The normalized spacial score (nSPS) is 20.3. The van der Waals surface area contributed by atoms with Crippen LogP contribution in [0.25, 0.3) is 0 Å². The summed E-state index contributed by atoms with van der Waals surface area (Å²) in [5.41, 5.74) is 1.19. The van der Waals surface area contributed by atoms with Crippen molar-refractivity contribution in [3.63, 3.8) is 0 Å². The molecule has 2 N–H and O–H groups in total. The molecule has 1 aliphatic rings. The molecule has 0 amide bonds. The molecule has 0 saturated heterocycles. The first-order chi connectivity index (χ1) is 3.30. The smallest absolute Gasteiger partial charge is 0.0373 e. The maximum atomic E-state index is 5.44. The highest BCUT2D eigenvalue weighted by molar-refractivity contribution is 5.01. The molecule has 2 heteroatoms. The second kappa shape index (κ2) is 1.54. The van der Waals surface area contributed by atoms with Crippen molar-refractivity contribution in [2.45, 2.75) is 13.3 Å². The summed E-state index contributed by atoms with van der Waals surface area (Å²) in [5, 5.41) is 1.76. The molecule has 0 atom stereocenters. The van der Waals surface area contributed by atoms with Crippen LogP contribution in [0.15, 0.2) is 11.8 Å². The van der Waals surface area contributed by atoms with Crippen molar-refractivity contribution >= 4 is 0 Å². The lowest BCUT2D eigenvalue weighted by Crippen LogP contribution is -2.25. The average molecular weight is 98.1 g/mol. The van der Waals surface area contributed by atoms with Crippen LogP contribution in [-0.4, -0.2) is 11.6 Å². The van der Waals surface area contributed by atoms with E-state index < -0.39 is 0 Å². The standard InChI is InChI=1S/C5H10N2/c1-5-3-2-4-7(5)6/h3H,2,4,6H2,1H3. The summed E-state index contributed by atoms with van der Waals surface area (Å²) in [4.78, 5) is 0. The van der Waals surface area contributed by atoms with Gasteiger partial charge in [-0.3, -0.25) is 0 Å². The molecule has 0 unspecified atom stereocenters. The molecule has 0 aromatic carbocycles.